The lowest BCUT2D eigenvalue weighted by molar-refractivity contribution is 0.0952. The summed E-state index contributed by atoms with van der Waals surface area (Å²) in [4.78, 5) is 26.1. The van der Waals surface area contributed by atoms with E-state index >= 15 is 0 Å². The van der Waals surface area contributed by atoms with Crippen LogP contribution in [-0.2, 0) is 12.2 Å². The summed E-state index contributed by atoms with van der Waals surface area (Å²) in [7, 11) is 1.56. The second kappa shape index (κ2) is 12.5. The van der Waals surface area contributed by atoms with Crippen molar-refractivity contribution in [1.82, 2.24) is 15.5 Å². The fourth-order valence-electron chi connectivity index (χ4n) is 3.24. The lowest BCUT2D eigenvalue weighted by Crippen LogP contribution is -2.25. The molecule has 0 aliphatic heterocycles. The van der Waals surface area contributed by atoms with E-state index in [1.165, 1.54) is 11.3 Å². The number of nitrogens with zero attached hydrogens (tertiary/aromatic N) is 2. The van der Waals surface area contributed by atoms with Crippen LogP contribution in [0.2, 0.25) is 5.02 Å². The number of rotatable bonds is 10. The molecule has 0 radical (unpaired) electrons. The zero-order valence-corrected chi connectivity index (χ0v) is 21.8. The molecule has 36 heavy (non-hydrogen) atoms. The zero-order valence-electron chi connectivity index (χ0n) is 19.4. The van der Waals surface area contributed by atoms with E-state index in [0.29, 0.717) is 50.8 Å². The summed E-state index contributed by atoms with van der Waals surface area (Å²) in [6.45, 7) is 0.392. The number of hydrogen-bond acceptors (Lipinski definition) is 7. The van der Waals surface area contributed by atoms with Crippen LogP contribution in [0.15, 0.2) is 77.7 Å². The van der Waals surface area contributed by atoms with Crippen molar-refractivity contribution in [2.24, 2.45) is 0 Å². The number of ether oxygens (including phenoxy) is 1. The lowest BCUT2D eigenvalue weighted by atomic mass is 10.2. The van der Waals surface area contributed by atoms with E-state index in [4.69, 9.17) is 16.3 Å². The molecule has 184 valence electrons. The SMILES string of the molecule is COc1cccc(C(=O)NCCc2nnc(NC(=O)c3ccccc3SCc3ccc(Cl)cc3)s2)c1. The quantitative estimate of drug-likeness (QED) is 0.251. The number of anilines is 1. The maximum Gasteiger partial charge on any atom is 0.258 e. The Morgan fingerprint density at radius 1 is 1.00 bits per heavy atom. The van der Waals surface area contributed by atoms with Gasteiger partial charge in [0.25, 0.3) is 11.8 Å². The van der Waals surface area contributed by atoms with Gasteiger partial charge in [-0.2, -0.15) is 0 Å². The summed E-state index contributed by atoms with van der Waals surface area (Å²) in [5.74, 6) is 0.895. The number of amides is 2. The molecule has 2 N–H and O–H groups in total. The predicted octanol–water partition coefficient (Wildman–Crippen LogP) is 5.72. The Labute approximate surface area is 222 Å². The molecule has 0 fully saturated rings. The molecule has 0 aliphatic carbocycles. The Balaban J connectivity index is 1.30. The smallest absolute Gasteiger partial charge is 0.258 e. The molecular formula is C26H23ClN4O3S2. The minimum absolute atomic E-state index is 0.195. The second-order valence-electron chi connectivity index (χ2n) is 7.60. The van der Waals surface area contributed by atoms with Crippen LogP contribution in [0.5, 0.6) is 5.75 Å². The molecular weight excluding hydrogens is 516 g/mol. The van der Waals surface area contributed by atoms with E-state index < -0.39 is 0 Å². The van der Waals surface area contributed by atoms with Crippen molar-refractivity contribution in [2.75, 3.05) is 19.0 Å². The number of carbonyl (C=O) groups excluding carboxylic acids is 2. The molecule has 0 bridgehead atoms. The Morgan fingerprint density at radius 2 is 1.81 bits per heavy atom. The third kappa shape index (κ3) is 7.07. The Bertz CT molecular complexity index is 1350. The number of carbonyl (C=O) groups is 2. The largest absolute Gasteiger partial charge is 0.497 e. The Hall–Kier alpha value is -3.40. The van der Waals surface area contributed by atoms with Gasteiger partial charge < -0.3 is 10.1 Å². The number of hydrogen-bond donors (Lipinski definition) is 2. The number of aromatic nitrogens is 2. The summed E-state index contributed by atoms with van der Waals surface area (Å²) in [5.41, 5.74) is 2.21. The molecule has 3 aromatic carbocycles. The van der Waals surface area contributed by atoms with E-state index in [9.17, 15) is 9.59 Å². The van der Waals surface area contributed by atoms with Crippen molar-refractivity contribution in [1.29, 1.82) is 0 Å². The van der Waals surface area contributed by atoms with Gasteiger partial charge in [0.05, 0.1) is 12.7 Å². The third-order valence-electron chi connectivity index (χ3n) is 5.08. The molecule has 0 aliphatic rings. The molecule has 0 atom stereocenters. The number of nitrogens with one attached hydrogen (secondary N) is 2. The molecule has 1 heterocycles. The van der Waals surface area contributed by atoms with Crippen LogP contribution in [0.25, 0.3) is 0 Å². The van der Waals surface area contributed by atoms with Crippen LogP contribution in [0.3, 0.4) is 0 Å². The van der Waals surface area contributed by atoms with Crippen LogP contribution in [0, 0.1) is 0 Å². The topological polar surface area (TPSA) is 93.2 Å². The standard InChI is InChI=1S/C26H23ClN4O3S2/c1-34-20-6-4-5-18(15-20)24(32)28-14-13-23-30-31-26(36-23)29-25(33)21-7-2-3-8-22(21)35-16-17-9-11-19(27)12-10-17/h2-12,15H,13-14,16H2,1H3,(H,28,32)(H,29,31,33). The van der Waals surface area contributed by atoms with E-state index in [1.807, 2.05) is 42.5 Å². The van der Waals surface area contributed by atoms with Crippen LogP contribution in [0.1, 0.15) is 31.3 Å². The highest BCUT2D eigenvalue weighted by atomic mass is 35.5. The molecule has 0 unspecified atom stereocenters. The second-order valence-corrected chi connectivity index (χ2v) is 10.1. The van der Waals surface area contributed by atoms with Gasteiger partial charge in [0.1, 0.15) is 10.8 Å². The number of benzene rings is 3. The van der Waals surface area contributed by atoms with Crippen molar-refractivity contribution >= 4 is 51.6 Å². The molecule has 0 saturated carbocycles. The summed E-state index contributed by atoms with van der Waals surface area (Å²) >= 11 is 8.82. The van der Waals surface area contributed by atoms with Gasteiger partial charge >= 0.3 is 0 Å². The average Bonchev–Trinajstić information content (AvgIpc) is 3.35. The minimum atomic E-state index is -0.247. The first-order chi connectivity index (χ1) is 17.5. The van der Waals surface area contributed by atoms with Crippen molar-refractivity contribution in [3.63, 3.8) is 0 Å². The summed E-state index contributed by atoms with van der Waals surface area (Å²) in [5, 5.41) is 15.7. The number of halogens is 1. The first kappa shape index (κ1) is 25.7. The first-order valence-corrected chi connectivity index (χ1v) is 13.2. The molecule has 1 aromatic heterocycles. The van der Waals surface area contributed by atoms with Crippen LogP contribution < -0.4 is 15.4 Å². The summed E-state index contributed by atoms with van der Waals surface area (Å²) in [6.07, 6.45) is 0.497. The fraction of sp³-hybridized carbons (Fsp3) is 0.154. The van der Waals surface area contributed by atoms with Crippen LogP contribution in [-0.4, -0.2) is 35.7 Å². The molecule has 7 nitrogen and oxygen atoms in total. The van der Waals surface area contributed by atoms with Gasteiger partial charge in [-0.1, -0.05) is 53.3 Å². The zero-order chi connectivity index (χ0) is 25.3. The lowest BCUT2D eigenvalue weighted by Gasteiger charge is -2.08. The van der Waals surface area contributed by atoms with E-state index in [1.54, 1.807) is 49.2 Å². The van der Waals surface area contributed by atoms with Gasteiger partial charge in [-0.15, -0.1) is 22.0 Å². The maximum atomic E-state index is 12.9. The van der Waals surface area contributed by atoms with Gasteiger partial charge in [0.15, 0.2) is 0 Å². The Morgan fingerprint density at radius 3 is 2.61 bits per heavy atom. The highest BCUT2D eigenvalue weighted by molar-refractivity contribution is 7.98. The normalized spacial score (nSPS) is 10.6. The third-order valence-corrected chi connectivity index (χ3v) is 7.38. The van der Waals surface area contributed by atoms with Crippen molar-refractivity contribution < 1.29 is 14.3 Å². The highest BCUT2D eigenvalue weighted by Crippen LogP contribution is 2.28. The fourth-order valence-corrected chi connectivity index (χ4v) is 5.11. The van der Waals surface area contributed by atoms with Gasteiger partial charge in [-0.3, -0.25) is 14.9 Å². The molecule has 2 amide bonds. The molecule has 0 spiro atoms. The summed E-state index contributed by atoms with van der Waals surface area (Å²) < 4.78 is 5.15. The average molecular weight is 539 g/mol. The van der Waals surface area contributed by atoms with E-state index in [2.05, 4.69) is 20.8 Å². The van der Waals surface area contributed by atoms with Crippen LogP contribution >= 0.6 is 34.7 Å². The first-order valence-electron chi connectivity index (χ1n) is 11.0. The Kier molecular flexibility index (Phi) is 8.94. The van der Waals surface area contributed by atoms with Crippen molar-refractivity contribution in [3.8, 4) is 5.75 Å². The van der Waals surface area contributed by atoms with E-state index in [0.717, 1.165) is 10.5 Å². The molecule has 10 heteroatoms. The minimum Gasteiger partial charge on any atom is -0.497 e. The highest BCUT2D eigenvalue weighted by Gasteiger charge is 2.15. The molecule has 0 saturated heterocycles. The maximum absolute atomic E-state index is 12.9. The van der Waals surface area contributed by atoms with Gasteiger partial charge in [-0.25, -0.2) is 0 Å². The number of methoxy groups -OCH3 is 1. The number of thioether (sulfide) groups is 1. The van der Waals surface area contributed by atoms with Crippen molar-refractivity contribution in [2.45, 2.75) is 17.1 Å². The van der Waals surface area contributed by atoms with Gasteiger partial charge in [0, 0.05) is 34.2 Å². The van der Waals surface area contributed by atoms with E-state index in [-0.39, 0.29) is 11.8 Å². The summed E-state index contributed by atoms with van der Waals surface area (Å²) in [6, 6.07) is 22.1. The molecule has 4 aromatic rings. The molecule has 4 rings (SSSR count). The predicted molar refractivity (Wildman–Crippen MR) is 144 cm³/mol. The van der Waals surface area contributed by atoms with Gasteiger partial charge in [-0.05, 0) is 48.0 Å². The van der Waals surface area contributed by atoms with Gasteiger partial charge in [0.2, 0.25) is 5.13 Å². The monoisotopic (exact) mass is 538 g/mol. The van der Waals surface area contributed by atoms with Crippen LogP contribution in [0.4, 0.5) is 5.13 Å². The van der Waals surface area contributed by atoms with Crippen molar-refractivity contribution in [3.05, 3.63) is 99.5 Å².